The fourth-order valence-electron chi connectivity index (χ4n) is 2.53. The van der Waals surface area contributed by atoms with Gasteiger partial charge in [0.15, 0.2) is 0 Å². The fraction of sp³-hybridized carbons (Fsp3) is 0.562. The van der Waals surface area contributed by atoms with Crippen molar-refractivity contribution < 1.29 is 9.53 Å². The van der Waals surface area contributed by atoms with Gasteiger partial charge in [-0.05, 0) is 38.3 Å². The van der Waals surface area contributed by atoms with E-state index in [0.29, 0.717) is 19.6 Å². The van der Waals surface area contributed by atoms with E-state index >= 15 is 0 Å². The Morgan fingerprint density at radius 1 is 1.37 bits per heavy atom. The highest BCUT2D eigenvalue weighted by molar-refractivity contribution is 5.77. The molecule has 0 spiro atoms. The Balaban J connectivity index is 1.92. The number of hydrogen-bond donors (Lipinski definition) is 0. The summed E-state index contributed by atoms with van der Waals surface area (Å²) >= 11 is 0. The first-order valence-corrected chi connectivity index (χ1v) is 7.03. The van der Waals surface area contributed by atoms with Crippen molar-refractivity contribution in [2.75, 3.05) is 13.2 Å². The number of carbonyl (C=O) groups excluding carboxylic acids is 1. The van der Waals surface area contributed by atoms with Crippen LogP contribution in [-0.4, -0.2) is 36.1 Å². The molecule has 3 heteroatoms. The molecule has 1 aliphatic rings. The first-order chi connectivity index (χ1) is 9.08. The van der Waals surface area contributed by atoms with Crippen molar-refractivity contribution in [3.8, 4) is 0 Å². The molecule has 1 aromatic rings. The van der Waals surface area contributed by atoms with E-state index in [2.05, 4.69) is 26.0 Å². The molecule has 1 heterocycles. The number of amides is 1. The lowest BCUT2D eigenvalue weighted by Gasteiger charge is -2.37. The van der Waals surface area contributed by atoms with Crippen molar-refractivity contribution >= 4 is 5.91 Å². The van der Waals surface area contributed by atoms with Crippen LogP contribution in [0.2, 0.25) is 0 Å². The second-order valence-corrected chi connectivity index (χ2v) is 5.47. The van der Waals surface area contributed by atoms with E-state index in [0.717, 1.165) is 6.42 Å². The Morgan fingerprint density at radius 2 is 2.11 bits per heavy atom. The average molecular weight is 261 g/mol. The molecule has 1 amide bonds. The molecular formula is C16H23NO2. The third-order valence-corrected chi connectivity index (χ3v) is 3.80. The monoisotopic (exact) mass is 261 g/mol. The molecule has 104 valence electrons. The third kappa shape index (κ3) is 3.57. The van der Waals surface area contributed by atoms with E-state index < -0.39 is 0 Å². The van der Waals surface area contributed by atoms with Crippen molar-refractivity contribution in [2.45, 2.75) is 45.8 Å². The van der Waals surface area contributed by atoms with Crippen LogP contribution in [0, 0.1) is 6.92 Å². The molecule has 19 heavy (non-hydrogen) atoms. The Labute approximate surface area is 115 Å². The number of ether oxygens (including phenoxy) is 1. The summed E-state index contributed by atoms with van der Waals surface area (Å²) in [5, 5.41) is 0. The van der Waals surface area contributed by atoms with Gasteiger partial charge in [0.25, 0.3) is 0 Å². The molecule has 2 rings (SSSR count). The van der Waals surface area contributed by atoms with E-state index in [1.165, 1.54) is 11.1 Å². The zero-order valence-electron chi connectivity index (χ0n) is 12.1. The standard InChI is InChI=1S/C16H23NO2/c1-12-6-4-5-7-15(12)8-9-16(18)17-10-14(3)19-11-13(17)2/h4-7,13-14H,8-11H2,1-3H3. The van der Waals surface area contributed by atoms with Gasteiger partial charge in [0, 0.05) is 13.0 Å². The molecule has 0 N–H and O–H groups in total. The molecule has 2 atom stereocenters. The molecule has 1 fully saturated rings. The molecule has 2 unspecified atom stereocenters. The second kappa shape index (κ2) is 6.20. The summed E-state index contributed by atoms with van der Waals surface area (Å²) in [6.45, 7) is 7.54. The summed E-state index contributed by atoms with van der Waals surface area (Å²) in [6.07, 6.45) is 1.56. The number of carbonyl (C=O) groups is 1. The number of benzene rings is 1. The zero-order chi connectivity index (χ0) is 13.8. The van der Waals surface area contributed by atoms with Gasteiger partial charge in [0.2, 0.25) is 5.91 Å². The highest BCUT2D eigenvalue weighted by Gasteiger charge is 2.26. The minimum absolute atomic E-state index is 0.151. The summed E-state index contributed by atoms with van der Waals surface area (Å²) < 4.78 is 5.56. The number of rotatable bonds is 3. The highest BCUT2D eigenvalue weighted by Crippen LogP contribution is 2.15. The third-order valence-electron chi connectivity index (χ3n) is 3.80. The van der Waals surface area contributed by atoms with Crippen LogP contribution in [0.1, 0.15) is 31.4 Å². The smallest absolute Gasteiger partial charge is 0.223 e. The molecule has 1 aromatic carbocycles. The van der Waals surface area contributed by atoms with Gasteiger partial charge in [-0.15, -0.1) is 0 Å². The Morgan fingerprint density at radius 3 is 2.84 bits per heavy atom. The maximum absolute atomic E-state index is 12.3. The van der Waals surface area contributed by atoms with Gasteiger partial charge in [-0.2, -0.15) is 0 Å². The van der Waals surface area contributed by atoms with Crippen LogP contribution in [0.4, 0.5) is 0 Å². The normalized spacial score (nSPS) is 23.4. The first-order valence-electron chi connectivity index (χ1n) is 7.03. The molecule has 1 aliphatic heterocycles. The van der Waals surface area contributed by atoms with Gasteiger partial charge >= 0.3 is 0 Å². The van der Waals surface area contributed by atoms with Gasteiger partial charge in [-0.1, -0.05) is 24.3 Å². The number of aryl methyl sites for hydroxylation is 2. The summed E-state index contributed by atoms with van der Waals surface area (Å²) in [5.74, 6) is 0.242. The summed E-state index contributed by atoms with van der Waals surface area (Å²) in [5.41, 5.74) is 2.53. The first kappa shape index (κ1) is 14.1. The quantitative estimate of drug-likeness (QED) is 0.837. The van der Waals surface area contributed by atoms with E-state index in [1.807, 2.05) is 24.0 Å². The van der Waals surface area contributed by atoms with E-state index in [9.17, 15) is 4.79 Å². The summed E-state index contributed by atoms with van der Waals surface area (Å²) in [4.78, 5) is 14.3. The number of morpholine rings is 1. The van der Waals surface area contributed by atoms with Gasteiger partial charge in [-0.25, -0.2) is 0 Å². The maximum atomic E-state index is 12.3. The van der Waals surface area contributed by atoms with Gasteiger partial charge in [-0.3, -0.25) is 4.79 Å². The van der Waals surface area contributed by atoms with Gasteiger partial charge in [0.1, 0.15) is 0 Å². The predicted molar refractivity (Wildman–Crippen MR) is 76.1 cm³/mol. The molecule has 0 aliphatic carbocycles. The Hall–Kier alpha value is -1.35. The minimum Gasteiger partial charge on any atom is -0.375 e. The van der Waals surface area contributed by atoms with Crippen LogP contribution in [0.3, 0.4) is 0 Å². The zero-order valence-corrected chi connectivity index (χ0v) is 12.1. The van der Waals surface area contributed by atoms with Crippen molar-refractivity contribution in [2.24, 2.45) is 0 Å². The molecular weight excluding hydrogens is 238 g/mol. The minimum atomic E-state index is 0.151. The van der Waals surface area contributed by atoms with Crippen LogP contribution in [0.25, 0.3) is 0 Å². The van der Waals surface area contributed by atoms with E-state index in [4.69, 9.17) is 4.74 Å². The summed E-state index contributed by atoms with van der Waals surface area (Å²) in [7, 11) is 0. The number of hydrogen-bond acceptors (Lipinski definition) is 2. The molecule has 0 radical (unpaired) electrons. The van der Waals surface area contributed by atoms with Crippen molar-refractivity contribution in [3.63, 3.8) is 0 Å². The van der Waals surface area contributed by atoms with Crippen LogP contribution < -0.4 is 0 Å². The lowest BCUT2D eigenvalue weighted by molar-refractivity contribution is -0.143. The Bertz CT molecular complexity index is 444. The lowest BCUT2D eigenvalue weighted by Crippen LogP contribution is -2.50. The van der Waals surface area contributed by atoms with Crippen LogP contribution in [0.5, 0.6) is 0 Å². The maximum Gasteiger partial charge on any atom is 0.223 e. The van der Waals surface area contributed by atoms with Gasteiger partial charge in [0.05, 0.1) is 18.8 Å². The molecule has 0 bridgehead atoms. The van der Waals surface area contributed by atoms with E-state index in [1.54, 1.807) is 0 Å². The van der Waals surface area contributed by atoms with Crippen LogP contribution in [-0.2, 0) is 16.0 Å². The van der Waals surface area contributed by atoms with Crippen LogP contribution in [0.15, 0.2) is 24.3 Å². The summed E-state index contributed by atoms with van der Waals surface area (Å²) in [6, 6.07) is 8.46. The highest BCUT2D eigenvalue weighted by atomic mass is 16.5. The van der Waals surface area contributed by atoms with Gasteiger partial charge < -0.3 is 9.64 Å². The Kier molecular flexibility index (Phi) is 4.59. The SMILES string of the molecule is Cc1ccccc1CCC(=O)N1CC(C)OCC1C. The van der Waals surface area contributed by atoms with Crippen molar-refractivity contribution in [3.05, 3.63) is 35.4 Å². The van der Waals surface area contributed by atoms with Crippen molar-refractivity contribution in [1.82, 2.24) is 4.90 Å². The topological polar surface area (TPSA) is 29.5 Å². The molecule has 0 saturated carbocycles. The largest absolute Gasteiger partial charge is 0.375 e. The molecule has 3 nitrogen and oxygen atoms in total. The molecule has 1 saturated heterocycles. The molecule has 0 aromatic heterocycles. The second-order valence-electron chi connectivity index (χ2n) is 5.47. The lowest BCUT2D eigenvalue weighted by atomic mass is 10.0. The average Bonchev–Trinajstić information content (AvgIpc) is 2.40. The van der Waals surface area contributed by atoms with Crippen LogP contribution >= 0.6 is 0 Å². The fourth-order valence-corrected chi connectivity index (χ4v) is 2.53. The van der Waals surface area contributed by atoms with E-state index in [-0.39, 0.29) is 18.1 Å². The predicted octanol–water partition coefficient (Wildman–Crippen LogP) is 2.56. The number of nitrogens with zero attached hydrogens (tertiary/aromatic N) is 1. The van der Waals surface area contributed by atoms with Crippen molar-refractivity contribution in [1.29, 1.82) is 0 Å².